The van der Waals surface area contributed by atoms with Crippen LogP contribution in [0.4, 0.5) is 10.1 Å². The number of nitrogens with one attached hydrogen (secondary N) is 2. The molecule has 0 aliphatic rings. The van der Waals surface area contributed by atoms with Crippen molar-refractivity contribution in [2.45, 2.75) is 19.4 Å². The Kier molecular flexibility index (Phi) is 5.07. The third-order valence-corrected chi connectivity index (χ3v) is 3.22. The van der Waals surface area contributed by atoms with Gasteiger partial charge in [-0.25, -0.2) is 4.39 Å². The van der Waals surface area contributed by atoms with Gasteiger partial charge < -0.3 is 10.6 Å². The van der Waals surface area contributed by atoms with E-state index in [4.69, 9.17) is 12.2 Å². The Hall–Kier alpha value is -1.94. The molecular weight excluding hydrogens is 271 g/mol. The smallest absolute Gasteiger partial charge is 0.171 e. The van der Waals surface area contributed by atoms with E-state index in [1.165, 1.54) is 17.7 Å². The second-order valence-electron chi connectivity index (χ2n) is 4.48. The fourth-order valence-electron chi connectivity index (χ4n) is 2.00. The van der Waals surface area contributed by atoms with Crippen molar-refractivity contribution in [3.63, 3.8) is 0 Å². The Bertz CT molecular complexity index is 572. The molecule has 0 bridgehead atoms. The summed E-state index contributed by atoms with van der Waals surface area (Å²) in [6.45, 7) is 2.09. The SMILES string of the molecule is CC[C@H](NC(=S)Nc1cccc(F)c1)c1ccccc1. The summed E-state index contributed by atoms with van der Waals surface area (Å²) in [5, 5.41) is 6.74. The summed E-state index contributed by atoms with van der Waals surface area (Å²) < 4.78 is 13.1. The van der Waals surface area contributed by atoms with Crippen LogP contribution >= 0.6 is 12.2 Å². The van der Waals surface area contributed by atoms with Crippen LogP contribution in [-0.4, -0.2) is 5.11 Å². The predicted octanol–water partition coefficient (Wildman–Crippen LogP) is 4.26. The van der Waals surface area contributed by atoms with Gasteiger partial charge in [-0.3, -0.25) is 0 Å². The van der Waals surface area contributed by atoms with E-state index in [1.54, 1.807) is 12.1 Å². The van der Waals surface area contributed by atoms with Crippen LogP contribution in [0.5, 0.6) is 0 Å². The highest BCUT2D eigenvalue weighted by Gasteiger charge is 2.10. The summed E-state index contributed by atoms with van der Waals surface area (Å²) in [6.07, 6.45) is 0.912. The third kappa shape index (κ3) is 4.03. The lowest BCUT2D eigenvalue weighted by Gasteiger charge is -2.20. The first kappa shape index (κ1) is 14.5. The maximum Gasteiger partial charge on any atom is 0.171 e. The molecule has 0 aromatic heterocycles. The molecule has 0 saturated carbocycles. The molecule has 4 heteroatoms. The van der Waals surface area contributed by atoms with Gasteiger partial charge in [-0.05, 0) is 42.4 Å². The van der Waals surface area contributed by atoms with Crippen molar-refractivity contribution in [1.29, 1.82) is 0 Å². The molecule has 2 N–H and O–H groups in total. The first-order valence-electron chi connectivity index (χ1n) is 6.57. The minimum absolute atomic E-state index is 0.143. The van der Waals surface area contributed by atoms with Gasteiger partial charge >= 0.3 is 0 Å². The summed E-state index contributed by atoms with van der Waals surface area (Å²) in [5.41, 5.74) is 1.82. The molecule has 2 aromatic rings. The van der Waals surface area contributed by atoms with Gasteiger partial charge in [0, 0.05) is 5.69 Å². The fraction of sp³-hybridized carbons (Fsp3) is 0.188. The number of thiocarbonyl (C=S) groups is 1. The van der Waals surface area contributed by atoms with Gasteiger partial charge in [-0.1, -0.05) is 43.3 Å². The minimum Gasteiger partial charge on any atom is -0.356 e. The number of anilines is 1. The number of rotatable bonds is 4. The highest BCUT2D eigenvalue weighted by molar-refractivity contribution is 7.80. The van der Waals surface area contributed by atoms with Gasteiger partial charge in [-0.2, -0.15) is 0 Å². The molecule has 0 saturated heterocycles. The molecule has 1 atom stereocenters. The van der Waals surface area contributed by atoms with Crippen LogP contribution in [0.25, 0.3) is 0 Å². The van der Waals surface area contributed by atoms with Crippen LogP contribution in [0.2, 0.25) is 0 Å². The standard InChI is InChI=1S/C16H17FN2S/c1-2-15(12-7-4-3-5-8-12)19-16(20)18-14-10-6-9-13(17)11-14/h3-11,15H,2H2,1H3,(H2,18,19,20)/t15-/m0/s1. The van der Waals surface area contributed by atoms with Crippen LogP contribution in [0.1, 0.15) is 24.9 Å². The first-order valence-corrected chi connectivity index (χ1v) is 6.98. The molecule has 2 rings (SSSR count). The van der Waals surface area contributed by atoms with Crippen molar-refractivity contribution < 1.29 is 4.39 Å². The molecule has 0 heterocycles. The molecular formula is C16H17FN2S. The Morgan fingerprint density at radius 2 is 1.90 bits per heavy atom. The van der Waals surface area contributed by atoms with Crippen LogP contribution in [0.15, 0.2) is 54.6 Å². The highest BCUT2D eigenvalue weighted by atomic mass is 32.1. The van der Waals surface area contributed by atoms with Crippen molar-refractivity contribution in [3.05, 3.63) is 66.0 Å². The second kappa shape index (κ2) is 7.01. The molecule has 20 heavy (non-hydrogen) atoms. The lowest BCUT2D eigenvalue weighted by molar-refractivity contribution is 0.626. The predicted molar refractivity (Wildman–Crippen MR) is 85.2 cm³/mol. The van der Waals surface area contributed by atoms with Gasteiger partial charge in [0.1, 0.15) is 5.82 Å². The summed E-state index contributed by atoms with van der Waals surface area (Å²) in [6, 6.07) is 16.5. The van der Waals surface area contributed by atoms with Gasteiger partial charge in [0.2, 0.25) is 0 Å². The lowest BCUT2D eigenvalue weighted by atomic mass is 10.1. The Morgan fingerprint density at radius 1 is 1.15 bits per heavy atom. The summed E-state index contributed by atoms with van der Waals surface area (Å²) in [7, 11) is 0. The fourth-order valence-corrected chi connectivity index (χ4v) is 2.26. The number of benzene rings is 2. The molecule has 0 spiro atoms. The highest BCUT2D eigenvalue weighted by Crippen LogP contribution is 2.16. The van der Waals surface area contributed by atoms with Crippen molar-refractivity contribution in [2.24, 2.45) is 0 Å². The summed E-state index contributed by atoms with van der Waals surface area (Å²) in [5.74, 6) is -0.284. The maximum atomic E-state index is 13.1. The van der Waals surface area contributed by atoms with Crippen LogP contribution in [0, 0.1) is 5.82 Å². The summed E-state index contributed by atoms with van der Waals surface area (Å²) >= 11 is 5.28. The van der Waals surface area contributed by atoms with E-state index >= 15 is 0 Å². The zero-order valence-corrected chi connectivity index (χ0v) is 12.1. The van der Waals surface area contributed by atoms with Crippen molar-refractivity contribution >= 4 is 23.0 Å². The zero-order valence-electron chi connectivity index (χ0n) is 11.3. The molecule has 2 nitrogen and oxygen atoms in total. The molecule has 0 fully saturated rings. The van der Waals surface area contributed by atoms with E-state index in [2.05, 4.69) is 29.7 Å². The van der Waals surface area contributed by atoms with Crippen LogP contribution in [-0.2, 0) is 0 Å². The topological polar surface area (TPSA) is 24.1 Å². The van der Waals surface area contributed by atoms with Gasteiger partial charge in [0.05, 0.1) is 6.04 Å². The Balaban J connectivity index is 2.00. The van der Waals surface area contributed by atoms with Crippen molar-refractivity contribution in [3.8, 4) is 0 Å². The van der Waals surface area contributed by atoms with E-state index in [9.17, 15) is 4.39 Å². The second-order valence-corrected chi connectivity index (χ2v) is 4.89. The average molecular weight is 288 g/mol. The van der Waals surface area contributed by atoms with E-state index in [1.807, 2.05) is 18.2 Å². The minimum atomic E-state index is -0.284. The monoisotopic (exact) mass is 288 g/mol. The molecule has 0 aliphatic heterocycles. The number of hydrogen-bond donors (Lipinski definition) is 2. The van der Waals surface area contributed by atoms with Crippen molar-refractivity contribution in [2.75, 3.05) is 5.32 Å². The molecule has 104 valence electrons. The van der Waals surface area contributed by atoms with Gasteiger partial charge in [0.25, 0.3) is 0 Å². The molecule has 0 amide bonds. The van der Waals surface area contributed by atoms with Crippen molar-refractivity contribution in [1.82, 2.24) is 5.32 Å². The van der Waals surface area contributed by atoms with E-state index in [0.29, 0.717) is 10.8 Å². The Morgan fingerprint density at radius 3 is 2.55 bits per heavy atom. The first-order chi connectivity index (χ1) is 9.69. The van der Waals surface area contributed by atoms with Crippen LogP contribution < -0.4 is 10.6 Å². The van der Waals surface area contributed by atoms with Gasteiger partial charge in [0.15, 0.2) is 5.11 Å². The normalized spacial score (nSPS) is 11.7. The molecule has 0 radical (unpaired) electrons. The van der Waals surface area contributed by atoms with E-state index in [-0.39, 0.29) is 11.9 Å². The quantitative estimate of drug-likeness (QED) is 0.822. The van der Waals surface area contributed by atoms with Crippen LogP contribution in [0.3, 0.4) is 0 Å². The zero-order chi connectivity index (χ0) is 14.4. The molecule has 2 aromatic carbocycles. The maximum absolute atomic E-state index is 13.1. The average Bonchev–Trinajstić information content (AvgIpc) is 2.45. The van der Waals surface area contributed by atoms with Gasteiger partial charge in [-0.15, -0.1) is 0 Å². The Labute approximate surface area is 124 Å². The molecule has 0 aliphatic carbocycles. The number of hydrogen-bond acceptors (Lipinski definition) is 1. The largest absolute Gasteiger partial charge is 0.356 e. The summed E-state index contributed by atoms with van der Waals surface area (Å²) in [4.78, 5) is 0. The lowest BCUT2D eigenvalue weighted by Crippen LogP contribution is -2.32. The van der Waals surface area contributed by atoms with E-state index < -0.39 is 0 Å². The molecule has 0 unspecified atom stereocenters. The number of halogens is 1. The van der Waals surface area contributed by atoms with E-state index in [0.717, 1.165) is 6.42 Å². The third-order valence-electron chi connectivity index (χ3n) is 3.00.